The number of hydrogen-bond acceptors (Lipinski definition) is 3. The molecule has 1 aliphatic rings. The molecule has 0 aliphatic heterocycles. The molecule has 1 rings (SSSR count). The fourth-order valence-electron chi connectivity index (χ4n) is 1.02. The van der Waals surface area contributed by atoms with Gasteiger partial charge in [0.2, 0.25) is 0 Å². The summed E-state index contributed by atoms with van der Waals surface area (Å²) >= 11 is 3.62. The topological polar surface area (TPSA) is 23.6 Å². The first-order valence-electron chi connectivity index (χ1n) is 5.68. The summed E-state index contributed by atoms with van der Waals surface area (Å²) < 4.78 is 0. The molecule has 0 aromatic heterocycles. The second-order valence-electron chi connectivity index (χ2n) is 4.27. The summed E-state index contributed by atoms with van der Waals surface area (Å²) in [5.74, 6) is 0.228. The summed E-state index contributed by atoms with van der Waals surface area (Å²) in [6.45, 7) is 2.29. The van der Waals surface area contributed by atoms with E-state index in [4.69, 9.17) is 0 Å². The summed E-state index contributed by atoms with van der Waals surface area (Å²) in [5, 5.41) is 0. The number of rotatable bonds is 3. The van der Waals surface area contributed by atoms with Gasteiger partial charge in [-0.05, 0) is 28.2 Å². The normalized spacial score (nSPS) is 14.1. The van der Waals surface area contributed by atoms with E-state index in [1.54, 1.807) is 6.08 Å². The van der Waals surface area contributed by atoms with Crippen molar-refractivity contribution in [2.24, 2.45) is 0 Å². The van der Waals surface area contributed by atoms with Gasteiger partial charge in [0.15, 0.2) is 0 Å². The molecule has 0 aromatic rings. The molecule has 0 amide bonds. The molecular weight excluding hydrogens is 380 g/mol. The molecule has 1 aliphatic carbocycles. The van der Waals surface area contributed by atoms with E-state index in [1.165, 1.54) is 14.8 Å². The van der Waals surface area contributed by atoms with Crippen molar-refractivity contribution in [2.45, 2.75) is 19.3 Å². The second-order valence-corrected chi connectivity index (χ2v) is 4.27. The molecule has 0 radical (unpaired) electrons. The van der Waals surface area contributed by atoms with E-state index < -0.39 is 0 Å². The summed E-state index contributed by atoms with van der Waals surface area (Å²) in [6.07, 6.45) is 7.09. The van der Waals surface area contributed by atoms with Gasteiger partial charge in [0.25, 0.3) is 0 Å². The molecular formula is C12H23IN2OZn. The van der Waals surface area contributed by atoms with Crippen molar-refractivity contribution in [3.63, 3.8) is 0 Å². The number of nitrogens with zero attached hydrogens (tertiary/aromatic N) is 2. The molecule has 0 N–H and O–H groups in total. The van der Waals surface area contributed by atoms with Crippen LogP contribution >= 0.6 is 19.8 Å². The van der Waals surface area contributed by atoms with Gasteiger partial charge in [0.05, 0.1) is 0 Å². The van der Waals surface area contributed by atoms with Crippen LogP contribution in [0.4, 0.5) is 0 Å². The third kappa shape index (κ3) is 19.2. The summed E-state index contributed by atoms with van der Waals surface area (Å²) in [6, 6.07) is 0. The summed E-state index contributed by atoms with van der Waals surface area (Å²) in [5.41, 5.74) is 0. The first-order valence-corrected chi connectivity index (χ1v) is 14.7. The fourth-order valence-corrected chi connectivity index (χ4v) is 1.02. The van der Waals surface area contributed by atoms with Crippen molar-refractivity contribution in [3.8, 4) is 0 Å². The van der Waals surface area contributed by atoms with Gasteiger partial charge in [-0.1, -0.05) is 12.8 Å². The van der Waals surface area contributed by atoms with Crippen LogP contribution in [0, 0.1) is 6.08 Å². The Bertz CT molecular complexity index is 201. The van der Waals surface area contributed by atoms with Crippen LogP contribution in [-0.4, -0.2) is 56.9 Å². The minimum atomic E-state index is 0.228. The van der Waals surface area contributed by atoms with Crippen molar-refractivity contribution in [3.05, 3.63) is 12.2 Å². The van der Waals surface area contributed by atoms with E-state index >= 15 is 0 Å². The number of carbonyl (C=O) groups excluding carboxylic acids is 1. The first-order chi connectivity index (χ1) is 8.02. The zero-order valence-electron chi connectivity index (χ0n) is 11.5. The molecule has 0 saturated heterocycles. The Balaban J connectivity index is 0. The molecule has 0 bridgehead atoms. The Hall–Kier alpha value is 0.683. The van der Waals surface area contributed by atoms with Gasteiger partial charge in [-0.15, -0.1) is 6.42 Å². The predicted octanol–water partition coefficient (Wildman–Crippen LogP) is 2.09. The molecule has 0 saturated carbocycles. The molecule has 0 unspecified atom stereocenters. The van der Waals surface area contributed by atoms with Crippen LogP contribution in [0.25, 0.3) is 0 Å². The number of halogens is 1. The zero-order chi connectivity index (χ0) is 13.7. The third-order valence-electron chi connectivity index (χ3n) is 2.00. The van der Waals surface area contributed by atoms with Gasteiger partial charge >= 0.3 is 34.5 Å². The monoisotopic (exact) mass is 402 g/mol. The zero-order valence-corrected chi connectivity index (χ0v) is 16.6. The van der Waals surface area contributed by atoms with Crippen LogP contribution in [0.15, 0.2) is 6.08 Å². The van der Waals surface area contributed by atoms with Crippen molar-refractivity contribution < 1.29 is 19.6 Å². The molecule has 3 nitrogen and oxygen atoms in total. The van der Waals surface area contributed by atoms with Gasteiger partial charge in [0.1, 0.15) is 0 Å². The molecule has 0 heterocycles. The van der Waals surface area contributed by atoms with E-state index in [9.17, 15) is 4.79 Å². The average molecular weight is 404 g/mol. The molecule has 5 heteroatoms. The number of ketones is 1. The number of allylic oxidation sites excluding steroid dienone is 2. The Morgan fingerprint density at radius 1 is 1.24 bits per heavy atom. The van der Waals surface area contributed by atoms with E-state index in [0.717, 1.165) is 32.4 Å². The van der Waals surface area contributed by atoms with E-state index in [0.29, 0.717) is 0 Å². The maximum absolute atomic E-state index is 10.3. The van der Waals surface area contributed by atoms with E-state index in [1.807, 2.05) is 0 Å². The molecule has 0 atom stereocenters. The molecule has 17 heavy (non-hydrogen) atoms. The second kappa shape index (κ2) is 14.7. The fraction of sp³-hybridized carbons (Fsp3) is 0.750. The Morgan fingerprint density at radius 2 is 1.71 bits per heavy atom. The standard InChI is InChI=1S/C6H16N2.C6H7O.HI.Zn/c1-7(2)5-6-8(3)4;7-6-4-2-1-3-5-6;;/h5-6H2,1-4H3;5H,1-2,4H2;1H;/q;-1;;+2/p-1. The third-order valence-corrected chi connectivity index (χ3v) is 2.00. The van der Waals surface area contributed by atoms with Crippen molar-refractivity contribution >= 4 is 25.5 Å². The van der Waals surface area contributed by atoms with Crippen LogP contribution in [-0.2, 0) is 19.6 Å². The molecule has 96 valence electrons. The summed E-state index contributed by atoms with van der Waals surface area (Å²) in [7, 11) is 8.35. The van der Waals surface area contributed by atoms with E-state index in [2.05, 4.69) is 63.8 Å². The minimum absolute atomic E-state index is 0.228. The Kier molecular flexibility index (Phi) is 17.4. The van der Waals surface area contributed by atoms with Gasteiger partial charge in [-0.2, -0.15) is 6.08 Å². The quantitative estimate of drug-likeness (QED) is 0.410. The van der Waals surface area contributed by atoms with Crippen molar-refractivity contribution in [1.29, 1.82) is 0 Å². The van der Waals surface area contributed by atoms with Crippen LogP contribution in [0.2, 0.25) is 0 Å². The van der Waals surface area contributed by atoms with Gasteiger partial charge in [-0.25, -0.2) is 0 Å². The van der Waals surface area contributed by atoms with E-state index in [-0.39, 0.29) is 5.78 Å². The molecule has 0 aromatic carbocycles. The molecule has 0 spiro atoms. The van der Waals surface area contributed by atoms with Crippen LogP contribution in [0.3, 0.4) is 0 Å². The predicted molar refractivity (Wildman–Crippen MR) is 77.8 cm³/mol. The SMILES string of the molecule is CN(C)CCN(C)C.O=C1C=[C-]CCC1.[Zn+][I]. The van der Waals surface area contributed by atoms with Gasteiger partial charge in [-0.3, -0.25) is 6.08 Å². The number of likely N-dealkylation sites (N-methyl/N-ethyl adjacent to an activating group) is 2. The Morgan fingerprint density at radius 3 is 1.88 bits per heavy atom. The van der Waals surface area contributed by atoms with Gasteiger partial charge in [0, 0.05) is 18.9 Å². The van der Waals surface area contributed by atoms with Gasteiger partial charge < -0.3 is 14.6 Å². The van der Waals surface area contributed by atoms with Crippen molar-refractivity contribution in [2.75, 3.05) is 41.3 Å². The van der Waals surface area contributed by atoms with Crippen molar-refractivity contribution in [1.82, 2.24) is 9.80 Å². The van der Waals surface area contributed by atoms with Crippen LogP contribution < -0.4 is 0 Å². The maximum atomic E-state index is 10.3. The average Bonchev–Trinajstić information content (AvgIpc) is 2.31. The number of carbonyl (C=O) groups is 1. The Labute approximate surface area is 127 Å². The first kappa shape index (κ1) is 20.0. The molecule has 0 fully saturated rings. The van der Waals surface area contributed by atoms with Crippen LogP contribution in [0.5, 0.6) is 0 Å². The summed E-state index contributed by atoms with van der Waals surface area (Å²) in [4.78, 5) is 14.7. The number of hydrogen-bond donors (Lipinski definition) is 0. The van der Waals surface area contributed by atoms with Crippen LogP contribution in [0.1, 0.15) is 19.3 Å².